The fraction of sp³-hybridized carbons (Fsp3) is 0.308. The van der Waals surface area contributed by atoms with Gasteiger partial charge in [-0.25, -0.2) is 4.79 Å². The first-order chi connectivity index (χ1) is 8.13. The molecule has 2 amide bonds. The van der Waals surface area contributed by atoms with E-state index in [9.17, 15) is 4.79 Å². The zero-order chi connectivity index (χ0) is 12.7. The number of carbonyl (C=O) groups excluding carboxylic acids is 1. The molecule has 0 saturated heterocycles. The van der Waals surface area contributed by atoms with E-state index >= 15 is 0 Å². The zero-order valence-electron chi connectivity index (χ0n) is 10.1. The third-order valence-corrected chi connectivity index (χ3v) is 2.77. The van der Waals surface area contributed by atoms with Crippen LogP contribution in [0.3, 0.4) is 0 Å². The number of carbonyl (C=O) groups is 1. The molecule has 0 aliphatic carbocycles. The van der Waals surface area contributed by atoms with Crippen molar-refractivity contribution in [2.24, 2.45) is 0 Å². The standard InChI is InChI=1S/C13H17ClN2O/c1-3-10(2)8-15-13(17)16-9-11-6-4-5-7-12(11)14/h4-8H,3,9H2,1-2H3,(H2,15,16,17)/b10-8+. The van der Waals surface area contributed by atoms with Crippen LogP contribution in [0.1, 0.15) is 25.8 Å². The number of hydrogen-bond acceptors (Lipinski definition) is 1. The van der Waals surface area contributed by atoms with Gasteiger partial charge in [-0.15, -0.1) is 0 Å². The van der Waals surface area contributed by atoms with E-state index in [1.165, 1.54) is 0 Å². The second-order valence-corrected chi connectivity index (χ2v) is 4.17. The summed E-state index contributed by atoms with van der Waals surface area (Å²) in [6.07, 6.45) is 2.63. The molecule has 0 radical (unpaired) electrons. The van der Waals surface area contributed by atoms with Gasteiger partial charge in [0.05, 0.1) is 0 Å². The molecule has 0 aromatic heterocycles. The number of amides is 2. The average molecular weight is 253 g/mol. The van der Waals surface area contributed by atoms with Crippen LogP contribution in [0.2, 0.25) is 5.02 Å². The average Bonchev–Trinajstić information content (AvgIpc) is 2.35. The fourth-order valence-corrected chi connectivity index (χ4v) is 1.36. The summed E-state index contributed by atoms with van der Waals surface area (Å²) in [7, 11) is 0. The lowest BCUT2D eigenvalue weighted by Crippen LogP contribution is -2.31. The molecule has 17 heavy (non-hydrogen) atoms. The van der Waals surface area contributed by atoms with Gasteiger partial charge in [-0.2, -0.15) is 0 Å². The molecule has 0 bridgehead atoms. The lowest BCUT2D eigenvalue weighted by molar-refractivity contribution is 0.243. The van der Waals surface area contributed by atoms with Crippen molar-refractivity contribution >= 4 is 17.6 Å². The summed E-state index contributed by atoms with van der Waals surface area (Å²) in [5, 5.41) is 6.07. The third-order valence-electron chi connectivity index (χ3n) is 2.40. The van der Waals surface area contributed by atoms with Gasteiger partial charge in [0.25, 0.3) is 0 Å². The maximum absolute atomic E-state index is 11.4. The highest BCUT2D eigenvalue weighted by Crippen LogP contribution is 2.14. The Balaban J connectivity index is 2.41. The normalized spacial score (nSPS) is 11.1. The minimum Gasteiger partial charge on any atom is -0.334 e. The topological polar surface area (TPSA) is 41.1 Å². The predicted octanol–water partition coefficient (Wildman–Crippen LogP) is 3.45. The van der Waals surface area contributed by atoms with Crippen LogP contribution >= 0.6 is 11.6 Å². The van der Waals surface area contributed by atoms with Gasteiger partial charge in [0, 0.05) is 17.8 Å². The molecule has 4 heteroatoms. The first kappa shape index (κ1) is 13.6. The van der Waals surface area contributed by atoms with Gasteiger partial charge in [0.15, 0.2) is 0 Å². The molecule has 0 aliphatic rings. The molecule has 92 valence electrons. The van der Waals surface area contributed by atoms with Gasteiger partial charge < -0.3 is 10.6 Å². The molecule has 1 rings (SSSR count). The van der Waals surface area contributed by atoms with Crippen LogP contribution in [0.25, 0.3) is 0 Å². The summed E-state index contributed by atoms with van der Waals surface area (Å²) in [6, 6.07) is 7.21. The van der Waals surface area contributed by atoms with E-state index in [0.29, 0.717) is 11.6 Å². The first-order valence-corrected chi connectivity index (χ1v) is 5.94. The second-order valence-electron chi connectivity index (χ2n) is 3.76. The van der Waals surface area contributed by atoms with Crippen molar-refractivity contribution in [1.82, 2.24) is 10.6 Å². The van der Waals surface area contributed by atoms with Gasteiger partial charge in [0.2, 0.25) is 0 Å². The summed E-state index contributed by atoms with van der Waals surface area (Å²) < 4.78 is 0. The van der Waals surface area contributed by atoms with Crippen LogP contribution in [0.5, 0.6) is 0 Å². The summed E-state index contributed by atoms with van der Waals surface area (Å²) in [6.45, 7) is 4.42. The number of benzene rings is 1. The van der Waals surface area contributed by atoms with E-state index < -0.39 is 0 Å². The Bertz CT molecular complexity index is 416. The smallest absolute Gasteiger partial charge is 0.319 e. The number of allylic oxidation sites excluding steroid dienone is 1. The lowest BCUT2D eigenvalue weighted by atomic mass is 10.2. The maximum Gasteiger partial charge on any atom is 0.319 e. The van der Waals surface area contributed by atoms with Crippen LogP contribution in [0, 0.1) is 0 Å². The van der Waals surface area contributed by atoms with Crippen LogP contribution in [-0.4, -0.2) is 6.03 Å². The van der Waals surface area contributed by atoms with Crippen LogP contribution in [-0.2, 0) is 6.54 Å². The molecule has 3 nitrogen and oxygen atoms in total. The highest BCUT2D eigenvalue weighted by molar-refractivity contribution is 6.31. The van der Waals surface area contributed by atoms with E-state index in [-0.39, 0.29) is 6.03 Å². The quantitative estimate of drug-likeness (QED) is 0.847. The SMILES string of the molecule is CC/C(C)=C/NC(=O)NCc1ccccc1Cl. The molecule has 2 N–H and O–H groups in total. The molecular formula is C13H17ClN2O. The summed E-state index contributed by atoms with van der Waals surface area (Å²) in [4.78, 5) is 11.4. The van der Waals surface area contributed by atoms with Crippen LogP contribution in [0.4, 0.5) is 4.79 Å². The monoisotopic (exact) mass is 252 g/mol. The molecule has 0 atom stereocenters. The van der Waals surface area contributed by atoms with E-state index in [1.54, 1.807) is 12.3 Å². The van der Waals surface area contributed by atoms with Gasteiger partial charge in [0.1, 0.15) is 0 Å². The fourth-order valence-electron chi connectivity index (χ4n) is 1.16. The summed E-state index contributed by atoms with van der Waals surface area (Å²) in [5.74, 6) is 0. The minimum atomic E-state index is -0.224. The zero-order valence-corrected chi connectivity index (χ0v) is 10.8. The Morgan fingerprint density at radius 1 is 1.41 bits per heavy atom. The van der Waals surface area contributed by atoms with E-state index in [2.05, 4.69) is 10.6 Å². The van der Waals surface area contributed by atoms with E-state index in [1.807, 2.05) is 32.0 Å². The molecule has 0 unspecified atom stereocenters. The largest absolute Gasteiger partial charge is 0.334 e. The highest BCUT2D eigenvalue weighted by atomic mass is 35.5. The number of halogens is 1. The molecule has 0 spiro atoms. The maximum atomic E-state index is 11.4. The van der Waals surface area contributed by atoms with Crippen LogP contribution < -0.4 is 10.6 Å². The summed E-state index contributed by atoms with van der Waals surface area (Å²) in [5.41, 5.74) is 2.03. The van der Waals surface area contributed by atoms with Crippen molar-refractivity contribution in [3.63, 3.8) is 0 Å². The van der Waals surface area contributed by atoms with Crippen molar-refractivity contribution in [3.05, 3.63) is 46.6 Å². The van der Waals surface area contributed by atoms with Crippen molar-refractivity contribution in [1.29, 1.82) is 0 Å². The Hall–Kier alpha value is -1.48. The lowest BCUT2D eigenvalue weighted by Gasteiger charge is -2.06. The molecule has 0 heterocycles. The Morgan fingerprint density at radius 2 is 2.12 bits per heavy atom. The van der Waals surface area contributed by atoms with Crippen molar-refractivity contribution < 1.29 is 4.79 Å². The second kappa shape index (κ2) is 6.97. The Kier molecular flexibility index (Phi) is 5.57. The van der Waals surface area contributed by atoms with Gasteiger partial charge in [-0.05, 0) is 25.0 Å². The molecule has 0 aliphatic heterocycles. The van der Waals surface area contributed by atoms with Crippen molar-refractivity contribution in [3.8, 4) is 0 Å². The minimum absolute atomic E-state index is 0.224. The van der Waals surface area contributed by atoms with E-state index in [4.69, 9.17) is 11.6 Å². The Morgan fingerprint density at radius 3 is 2.76 bits per heavy atom. The molecule has 0 saturated carbocycles. The number of urea groups is 1. The number of nitrogens with one attached hydrogen (secondary N) is 2. The molecule has 0 fully saturated rings. The predicted molar refractivity (Wildman–Crippen MR) is 70.9 cm³/mol. The molecule has 1 aromatic carbocycles. The van der Waals surface area contributed by atoms with Crippen molar-refractivity contribution in [2.75, 3.05) is 0 Å². The Labute approximate surface area is 107 Å². The van der Waals surface area contributed by atoms with Gasteiger partial charge in [-0.1, -0.05) is 42.3 Å². The molecule has 1 aromatic rings. The van der Waals surface area contributed by atoms with E-state index in [0.717, 1.165) is 17.6 Å². The highest BCUT2D eigenvalue weighted by Gasteiger charge is 2.01. The third kappa shape index (κ3) is 4.91. The summed E-state index contributed by atoms with van der Waals surface area (Å²) >= 11 is 5.97. The number of hydrogen-bond donors (Lipinski definition) is 2. The van der Waals surface area contributed by atoms with Gasteiger partial charge >= 0.3 is 6.03 Å². The number of rotatable bonds is 4. The first-order valence-electron chi connectivity index (χ1n) is 5.57. The van der Waals surface area contributed by atoms with Crippen LogP contribution in [0.15, 0.2) is 36.0 Å². The van der Waals surface area contributed by atoms with Gasteiger partial charge in [-0.3, -0.25) is 0 Å². The van der Waals surface area contributed by atoms with Crippen molar-refractivity contribution in [2.45, 2.75) is 26.8 Å². The molecular weight excluding hydrogens is 236 g/mol.